The number of H-pyrrole nitrogens is 1. The summed E-state index contributed by atoms with van der Waals surface area (Å²) >= 11 is 0. The van der Waals surface area contributed by atoms with E-state index in [0.717, 1.165) is 18.2 Å². The van der Waals surface area contributed by atoms with Gasteiger partial charge in [-0.1, -0.05) is 0 Å². The highest BCUT2D eigenvalue weighted by molar-refractivity contribution is 5.95. The number of fused-ring (bicyclic) bond motifs is 1. The van der Waals surface area contributed by atoms with Crippen LogP contribution in [0.3, 0.4) is 0 Å². The van der Waals surface area contributed by atoms with E-state index in [-0.39, 0.29) is 11.1 Å². The minimum atomic E-state index is -4.96. The Morgan fingerprint density at radius 3 is 2.69 bits per heavy atom. The molecule has 0 aliphatic rings. The van der Waals surface area contributed by atoms with Crippen molar-refractivity contribution in [3.8, 4) is 17.0 Å². The van der Waals surface area contributed by atoms with Gasteiger partial charge in [-0.2, -0.15) is 5.10 Å². The van der Waals surface area contributed by atoms with Gasteiger partial charge in [-0.15, -0.1) is 13.2 Å². The number of ether oxygens (including phenoxy) is 1. The average Bonchev–Trinajstić information content (AvgIpc) is 3.22. The summed E-state index contributed by atoms with van der Waals surface area (Å²) in [6, 6.07) is 6.03. The molecule has 0 fully saturated rings. The summed E-state index contributed by atoms with van der Waals surface area (Å²) in [5, 5.41) is 9.73. The monoisotopic (exact) mass is 490 g/mol. The van der Waals surface area contributed by atoms with Crippen molar-refractivity contribution in [2.75, 3.05) is 12.4 Å². The van der Waals surface area contributed by atoms with Gasteiger partial charge < -0.3 is 20.4 Å². The van der Waals surface area contributed by atoms with Crippen LogP contribution in [0.4, 0.5) is 23.4 Å². The number of aromatic amines is 1. The van der Waals surface area contributed by atoms with Crippen LogP contribution in [0.25, 0.3) is 16.9 Å². The number of imidazole rings is 1. The van der Waals surface area contributed by atoms with E-state index < -0.39 is 35.4 Å². The number of pyridine rings is 1. The molecular formula is C22H18F4N6O3. The third kappa shape index (κ3) is 5.23. The van der Waals surface area contributed by atoms with Crippen LogP contribution in [0.5, 0.6) is 5.75 Å². The van der Waals surface area contributed by atoms with Crippen LogP contribution in [0.1, 0.15) is 28.9 Å². The lowest BCUT2D eigenvalue weighted by Crippen LogP contribution is -2.32. The molecule has 1 aromatic carbocycles. The molecule has 0 spiro atoms. The number of halogens is 4. The predicted octanol–water partition coefficient (Wildman–Crippen LogP) is 3.66. The van der Waals surface area contributed by atoms with E-state index in [1.807, 2.05) is 0 Å². The van der Waals surface area contributed by atoms with E-state index in [1.54, 1.807) is 25.4 Å². The maximum Gasteiger partial charge on any atom is 0.573 e. The summed E-state index contributed by atoms with van der Waals surface area (Å²) in [5.41, 5.74) is 0.165. The fourth-order valence-electron chi connectivity index (χ4n) is 3.36. The number of nitrogens with one attached hydrogen (secondary N) is 3. The maximum absolute atomic E-state index is 14.2. The van der Waals surface area contributed by atoms with Gasteiger partial charge >= 0.3 is 6.36 Å². The molecule has 0 aliphatic heterocycles. The number of carbonyl (C=O) groups excluding carboxylic acids is 1. The lowest BCUT2D eigenvalue weighted by Gasteiger charge is -2.17. The van der Waals surface area contributed by atoms with Crippen LogP contribution >= 0.6 is 0 Å². The molecule has 1 amide bonds. The molecule has 1 unspecified atom stereocenters. The molecule has 3 heterocycles. The Labute approximate surface area is 194 Å². The van der Waals surface area contributed by atoms with Crippen LogP contribution in [0.2, 0.25) is 0 Å². The van der Waals surface area contributed by atoms with Crippen molar-refractivity contribution in [2.45, 2.75) is 19.3 Å². The van der Waals surface area contributed by atoms with Crippen molar-refractivity contribution in [1.29, 1.82) is 0 Å². The number of rotatable bonds is 6. The standard InChI is InChI=1S/C22H18F4N6O3/c1-11(14-8-13(3-4-16(14)23)35-22(24,25)26)29-21(34)15-7-12(9-28-20(15)33)17-5-6-19-30-18(27-2)10-32(19)31-17/h3-11,27H,1-2H3,(H,28,33)(H,29,34). The van der Waals surface area contributed by atoms with Crippen molar-refractivity contribution >= 4 is 17.4 Å². The van der Waals surface area contributed by atoms with Crippen LogP contribution in [0, 0.1) is 5.82 Å². The summed E-state index contributed by atoms with van der Waals surface area (Å²) in [6.07, 6.45) is -1.92. The van der Waals surface area contributed by atoms with Crippen molar-refractivity contribution in [1.82, 2.24) is 24.9 Å². The van der Waals surface area contributed by atoms with Crippen LogP contribution in [0.15, 0.2) is 53.6 Å². The number of anilines is 1. The van der Waals surface area contributed by atoms with Crippen LogP contribution < -0.4 is 20.9 Å². The lowest BCUT2D eigenvalue weighted by molar-refractivity contribution is -0.274. The van der Waals surface area contributed by atoms with Gasteiger partial charge in [0, 0.05) is 24.4 Å². The van der Waals surface area contributed by atoms with Crippen LogP contribution in [-0.2, 0) is 0 Å². The van der Waals surface area contributed by atoms with Gasteiger partial charge in [0.1, 0.15) is 22.9 Å². The second kappa shape index (κ2) is 9.08. The first kappa shape index (κ1) is 23.7. The Bertz CT molecular complexity index is 1460. The predicted molar refractivity (Wildman–Crippen MR) is 118 cm³/mol. The van der Waals surface area contributed by atoms with Crippen molar-refractivity contribution in [3.63, 3.8) is 0 Å². The molecule has 13 heteroatoms. The minimum Gasteiger partial charge on any atom is -0.406 e. The lowest BCUT2D eigenvalue weighted by atomic mass is 10.1. The van der Waals surface area contributed by atoms with Gasteiger partial charge in [-0.25, -0.2) is 13.9 Å². The third-order valence-corrected chi connectivity index (χ3v) is 5.03. The molecule has 0 bridgehead atoms. The number of amides is 1. The molecule has 4 rings (SSSR count). The summed E-state index contributed by atoms with van der Waals surface area (Å²) in [6.45, 7) is 1.36. The Hall–Kier alpha value is -4.42. The highest BCUT2D eigenvalue weighted by Gasteiger charge is 2.31. The summed E-state index contributed by atoms with van der Waals surface area (Å²) in [4.78, 5) is 31.9. The van der Waals surface area contributed by atoms with Gasteiger partial charge in [-0.3, -0.25) is 9.59 Å². The first-order valence-corrected chi connectivity index (χ1v) is 10.2. The summed E-state index contributed by atoms with van der Waals surface area (Å²) in [7, 11) is 1.71. The number of alkyl halides is 3. The third-order valence-electron chi connectivity index (χ3n) is 5.03. The molecule has 3 N–H and O–H groups in total. The first-order chi connectivity index (χ1) is 16.5. The fraction of sp³-hybridized carbons (Fsp3) is 0.182. The minimum absolute atomic E-state index is 0.250. The summed E-state index contributed by atoms with van der Waals surface area (Å²) in [5.74, 6) is -1.75. The van der Waals surface area contributed by atoms with Crippen molar-refractivity contribution < 1.29 is 27.1 Å². The normalized spacial score (nSPS) is 12.4. The van der Waals surface area contributed by atoms with E-state index in [0.29, 0.717) is 22.7 Å². The smallest absolute Gasteiger partial charge is 0.406 e. The number of nitrogens with zero attached hydrogens (tertiary/aromatic N) is 3. The highest BCUT2D eigenvalue weighted by Crippen LogP contribution is 2.27. The van der Waals surface area contributed by atoms with Gasteiger partial charge in [0.25, 0.3) is 11.5 Å². The molecule has 9 nitrogen and oxygen atoms in total. The maximum atomic E-state index is 14.2. The topological polar surface area (TPSA) is 113 Å². The van der Waals surface area contributed by atoms with E-state index in [4.69, 9.17) is 0 Å². The second-order valence-corrected chi connectivity index (χ2v) is 7.45. The van der Waals surface area contributed by atoms with Crippen LogP contribution in [-0.4, -0.2) is 38.9 Å². The molecule has 0 saturated heterocycles. The molecule has 0 radical (unpaired) electrons. The second-order valence-electron chi connectivity index (χ2n) is 7.45. The van der Waals surface area contributed by atoms with Gasteiger partial charge in [0.2, 0.25) is 0 Å². The Balaban J connectivity index is 1.59. The molecule has 1 atom stereocenters. The summed E-state index contributed by atoms with van der Waals surface area (Å²) < 4.78 is 57.1. The molecule has 35 heavy (non-hydrogen) atoms. The molecule has 0 aliphatic carbocycles. The van der Waals surface area contributed by atoms with Gasteiger partial charge in [-0.05, 0) is 43.3 Å². The van der Waals surface area contributed by atoms with Gasteiger partial charge in [0.05, 0.1) is 17.9 Å². The average molecular weight is 490 g/mol. The Morgan fingerprint density at radius 1 is 1.20 bits per heavy atom. The number of hydrogen-bond acceptors (Lipinski definition) is 6. The quantitative estimate of drug-likeness (QED) is 0.356. The number of hydrogen-bond donors (Lipinski definition) is 3. The molecule has 3 aromatic heterocycles. The molecule has 182 valence electrons. The SMILES string of the molecule is CNc1cn2nc(-c3c[nH]c(=O)c(C(=O)NC(C)c4cc(OC(F)(F)F)ccc4F)c3)ccc2n1. The van der Waals surface area contributed by atoms with E-state index in [9.17, 15) is 27.2 Å². The zero-order valence-electron chi connectivity index (χ0n) is 18.3. The molecule has 4 aromatic rings. The van der Waals surface area contributed by atoms with E-state index in [1.165, 1.54) is 23.7 Å². The van der Waals surface area contributed by atoms with E-state index >= 15 is 0 Å². The molecular weight excluding hydrogens is 472 g/mol. The molecule has 0 saturated carbocycles. The van der Waals surface area contributed by atoms with Crippen molar-refractivity contribution in [2.24, 2.45) is 0 Å². The number of benzene rings is 1. The Morgan fingerprint density at radius 2 is 1.97 bits per heavy atom. The zero-order chi connectivity index (χ0) is 25.3. The van der Waals surface area contributed by atoms with Crippen molar-refractivity contribution in [3.05, 3.63) is 76.1 Å². The fourth-order valence-corrected chi connectivity index (χ4v) is 3.36. The first-order valence-electron chi connectivity index (χ1n) is 10.2. The number of aromatic nitrogens is 4. The van der Waals surface area contributed by atoms with E-state index in [2.05, 4.69) is 30.4 Å². The largest absolute Gasteiger partial charge is 0.573 e. The van der Waals surface area contributed by atoms with Gasteiger partial charge in [0.15, 0.2) is 5.65 Å². The zero-order valence-corrected chi connectivity index (χ0v) is 18.3. The number of carbonyl (C=O) groups is 1. The Kier molecular flexibility index (Phi) is 6.16. The highest BCUT2D eigenvalue weighted by atomic mass is 19.4.